The van der Waals surface area contributed by atoms with Crippen molar-refractivity contribution in [3.63, 3.8) is 0 Å². The molecule has 0 saturated carbocycles. The summed E-state index contributed by atoms with van der Waals surface area (Å²) in [5.74, 6) is 0.561. The van der Waals surface area contributed by atoms with Crippen molar-refractivity contribution in [1.29, 1.82) is 0 Å². The van der Waals surface area contributed by atoms with E-state index >= 15 is 0 Å². The Kier molecular flexibility index (Phi) is 6.41. The van der Waals surface area contributed by atoms with Gasteiger partial charge in [0.2, 0.25) is 0 Å². The lowest BCUT2D eigenvalue weighted by atomic mass is 9.71. The molecule has 2 aliphatic carbocycles. The van der Waals surface area contributed by atoms with Crippen molar-refractivity contribution >= 4 is 34.8 Å². The maximum Gasteiger partial charge on any atom is 0.180 e. The molecule has 1 N–H and O–H groups in total. The summed E-state index contributed by atoms with van der Waals surface area (Å²) < 4.78 is 11.7. The second-order valence-electron chi connectivity index (χ2n) is 8.81. The first kappa shape index (κ1) is 23.0. The molecule has 1 aliphatic heterocycles. The van der Waals surface area contributed by atoms with Gasteiger partial charge in [0.25, 0.3) is 0 Å². The predicted octanol–water partition coefficient (Wildman–Crippen LogP) is 6.28. The van der Waals surface area contributed by atoms with Crippen molar-refractivity contribution in [1.82, 2.24) is 5.32 Å². The van der Waals surface area contributed by atoms with Crippen LogP contribution in [0, 0.1) is 0 Å². The molecule has 0 atom stereocenters. The smallest absolute Gasteiger partial charge is 0.180 e. The zero-order chi connectivity index (χ0) is 23.8. The summed E-state index contributed by atoms with van der Waals surface area (Å²) in [6.45, 7) is 0.226. The van der Waals surface area contributed by atoms with Gasteiger partial charge in [0.1, 0.15) is 6.61 Å². The van der Waals surface area contributed by atoms with Crippen LogP contribution < -0.4 is 14.8 Å². The molecule has 5 nitrogen and oxygen atoms in total. The summed E-state index contributed by atoms with van der Waals surface area (Å²) in [6.07, 6.45) is 4.19. The monoisotopic (exact) mass is 497 g/mol. The van der Waals surface area contributed by atoms with Gasteiger partial charge in [0.05, 0.1) is 12.1 Å². The number of carbonyl (C=O) groups is 2. The van der Waals surface area contributed by atoms with E-state index in [9.17, 15) is 9.59 Å². The molecular formula is C27H25Cl2NO4. The molecule has 0 fully saturated rings. The van der Waals surface area contributed by atoms with Crippen LogP contribution in [0.1, 0.15) is 55.6 Å². The summed E-state index contributed by atoms with van der Waals surface area (Å²) in [6, 6.07) is 11.1. The van der Waals surface area contributed by atoms with E-state index in [0.717, 1.165) is 48.2 Å². The lowest BCUT2D eigenvalue weighted by molar-refractivity contribution is -0.116. The number of benzene rings is 2. The van der Waals surface area contributed by atoms with Gasteiger partial charge in [-0.05, 0) is 49.4 Å². The van der Waals surface area contributed by atoms with Gasteiger partial charge in [-0.2, -0.15) is 0 Å². The predicted molar refractivity (Wildman–Crippen MR) is 131 cm³/mol. The third kappa shape index (κ3) is 4.12. The minimum absolute atomic E-state index is 0.0813. The number of carbonyl (C=O) groups excluding carboxylic acids is 2. The molecule has 176 valence electrons. The summed E-state index contributed by atoms with van der Waals surface area (Å²) >= 11 is 13.0. The zero-order valence-electron chi connectivity index (χ0n) is 18.9. The van der Waals surface area contributed by atoms with Crippen LogP contribution in [-0.4, -0.2) is 18.7 Å². The number of hydrogen-bond donors (Lipinski definition) is 1. The van der Waals surface area contributed by atoms with E-state index in [1.807, 2.05) is 24.3 Å². The molecule has 0 amide bonds. The van der Waals surface area contributed by atoms with Gasteiger partial charge in [-0.25, -0.2) is 0 Å². The first-order valence-corrected chi connectivity index (χ1v) is 12.3. The Bertz CT molecular complexity index is 1210. The van der Waals surface area contributed by atoms with Crippen molar-refractivity contribution in [3.05, 3.63) is 80.1 Å². The van der Waals surface area contributed by atoms with Gasteiger partial charge in [0.15, 0.2) is 23.1 Å². The van der Waals surface area contributed by atoms with Gasteiger partial charge < -0.3 is 14.8 Å². The van der Waals surface area contributed by atoms with Crippen molar-refractivity contribution in [2.45, 2.75) is 51.0 Å². The fraction of sp³-hybridized carbons (Fsp3) is 0.333. The molecule has 0 bridgehead atoms. The summed E-state index contributed by atoms with van der Waals surface area (Å²) in [4.78, 5) is 26.1. The molecule has 7 heteroatoms. The standard InChI is InChI=1S/C27H25Cl2NO4/c1-33-23-13-16(12-18(29)27(23)34-14-15-6-2-3-7-17(15)28)24-25-19(8-4-10-21(25)31)30-20-9-5-11-22(32)26(20)24/h2-3,6-7,12-13,24,30H,4-5,8-11,14H2,1H3. The third-order valence-corrected chi connectivity index (χ3v) is 7.36. The highest BCUT2D eigenvalue weighted by Gasteiger charge is 2.40. The van der Waals surface area contributed by atoms with E-state index in [1.165, 1.54) is 0 Å². The molecule has 5 rings (SSSR count). The lowest BCUT2D eigenvalue weighted by Crippen LogP contribution is -2.36. The Labute approximate surface area is 208 Å². The highest BCUT2D eigenvalue weighted by atomic mass is 35.5. The molecule has 0 aromatic heterocycles. The number of dihydropyridines is 1. The highest BCUT2D eigenvalue weighted by Crippen LogP contribution is 2.48. The molecule has 0 unspecified atom stereocenters. The number of ketones is 2. The summed E-state index contributed by atoms with van der Waals surface area (Å²) in [5, 5.41) is 4.40. The fourth-order valence-corrected chi connectivity index (χ4v) is 5.59. The first-order valence-electron chi connectivity index (χ1n) is 11.5. The van der Waals surface area contributed by atoms with Crippen LogP contribution in [0.25, 0.3) is 0 Å². The number of nitrogens with one attached hydrogen (secondary N) is 1. The number of rotatable bonds is 5. The Morgan fingerprint density at radius 1 is 0.912 bits per heavy atom. The largest absolute Gasteiger partial charge is 0.493 e. The van der Waals surface area contributed by atoms with E-state index in [0.29, 0.717) is 45.5 Å². The number of halogens is 2. The maximum absolute atomic E-state index is 13.1. The molecule has 0 radical (unpaired) electrons. The van der Waals surface area contributed by atoms with E-state index in [1.54, 1.807) is 19.2 Å². The average molecular weight is 498 g/mol. The Morgan fingerprint density at radius 2 is 1.56 bits per heavy atom. The molecule has 2 aromatic rings. The van der Waals surface area contributed by atoms with Crippen LogP contribution in [-0.2, 0) is 16.2 Å². The highest BCUT2D eigenvalue weighted by molar-refractivity contribution is 6.32. The third-order valence-electron chi connectivity index (χ3n) is 6.71. The topological polar surface area (TPSA) is 64.6 Å². The van der Waals surface area contributed by atoms with Crippen LogP contribution in [0.3, 0.4) is 0 Å². The average Bonchev–Trinajstić information content (AvgIpc) is 2.83. The zero-order valence-corrected chi connectivity index (χ0v) is 20.4. The maximum atomic E-state index is 13.1. The number of hydrogen-bond acceptors (Lipinski definition) is 5. The Hall–Kier alpha value is -2.76. The Morgan fingerprint density at radius 3 is 2.18 bits per heavy atom. The van der Waals surface area contributed by atoms with E-state index < -0.39 is 5.92 Å². The van der Waals surface area contributed by atoms with Crippen LogP contribution in [0.15, 0.2) is 58.9 Å². The molecule has 0 saturated heterocycles. The van der Waals surface area contributed by atoms with Gasteiger partial charge >= 0.3 is 0 Å². The summed E-state index contributed by atoms with van der Waals surface area (Å²) in [5.41, 5.74) is 4.83. The van der Waals surface area contributed by atoms with Gasteiger partial charge in [0, 0.05) is 51.9 Å². The first-order chi connectivity index (χ1) is 16.5. The molecule has 0 spiro atoms. The van der Waals surface area contributed by atoms with E-state index in [2.05, 4.69) is 5.32 Å². The van der Waals surface area contributed by atoms with Crippen LogP contribution in [0.4, 0.5) is 0 Å². The molecule has 3 aliphatic rings. The SMILES string of the molecule is COc1cc(C2C3=C(CCCC3=O)NC3=C2C(=O)CCC3)cc(Cl)c1OCc1ccccc1Cl. The number of Topliss-reactive ketones (excluding diaryl/α,β-unsaturated/α-hetero) is 2. The molecule has 2 aromatic carbocycles. The lowest BCUT2D eigenvalue weighted by Gasteiger charge is -2.37. The van der Waals surface area contributed by atoms with Gasteiger partial charge in [-0.15, -0.1) is 0 Å². The second-order valence-corrected chi connectivity index (χ2v) is 9.62. The Balaban J connectivity index is 1.57. The fourth-order valence-electron chi connectivity index (χ4n) is 5.13. The minimum atomic E-state index is -0.448. The molecule has 1 heterocycles. The molecule has 34 heavy (non-hydrogen) atoms. The number of allylic oxidation sites excluding steroid dienone is 4. The van der Waals surface area contributed by atoms with Crippen LogP contribution in [0.5, 0.6) is 11.5 Å². The van der Waals surface area contributed by atoms with Crippen molar-refractivity contribution < 1.29 is 19.1 Å². The van der Waals surface area contributed by atoms with Gasteiger partial charge in [-0.3, -0.25) is 9.59 Å². The van der Waals surface area contributed by atoms with Crippen LogP contribution in [0.2, 0.25) is 10.0 Å². The van der Waals surface area contributed by atoms with E-state index in [4.69, 9.17) is 32.7 Å². The number of methoxy groups -OCH3 is 1. The van der Waals surface area contributed by atoms with Crippen molar-refractivity contribution in [3.8, 4) is 11.5 Å². The van der Waals surface area contributed by atoms with Crippen molar-refractivity contribution in [2.24, 2.45) is 0 Å². The van der Waals surface area contributed by atoms with E-state index in [-0.39, 0.29) is 18.2 Å². The summed E-state index contributed by atoms with van der Waals surface area (Å²) in [7, 11) is 1.55. The number of ether oxygens (including phenoxy) is 2. The van der Waals surface area contributed by atoms with Crippen LogP contribution >= 0.6 is 23.2 Å². The second kappa shape index (κ2) is 9.47. The minimum Gasteiger partial charge on any atom is -0.493 e. The normalized spacial score (nSPS) is 18.4. The van der Waals surface area contributed by atoms with Gasteiger partial charge in [-0.1, -0.05) is 41.4 Å². The van der Waals surface area contributed by atoms with Crippen molar-refractivity contribution in [2.75, 3.05) is 7.11 Å². The quantitative estimate of drug-likeness (QED) is 0.526. The molecular weight excluding hydrogens is 473 g/mol.